The van der Waals surface area contributed by atoms with Crippen LogP contribution in [0.3, 0.4) is 0 Å². The van der Waals surface area contributed by atoms with Crippen molar-refractivity contribution in [2.45, 2.75) is 50.5 Å². The summed E-state index contributed by atoms with van der Waals surface area (Å²) in [6.45, 7) is 2.04. The standard InChI is InChI=1S/C16H26O8/c1-7-2-3-9-8(5-22-15(21)11(7)9)6-23-16-14(20)13(19)12(18)10(4-17)24-16/h7-14,16-20H,2-6H2,1H3. The van der Waals surface area contributed by atoms with Gasteiger partial charge in [-0.3, -0.25) is 4.79 Å². The molecule has 8 nitrogen and oxygen atoms in total. The summed E-state index contributed by atoms with van der Waals surface area (Å²) in [5, 5.41) is 38.7. The highest BCUT2D eigenvalue weighted by atomic mass is 16.7. The molecule has 4 N–H and O–H groups in total. The van der Waals surface area contributed by atoms with Crippen LogP contribution in [-0.4, -0.2) is 76.9 Å². The molecule has 2 aliphatic heterocycles. The second-order valence-corrected chi connectivity index (χ2v) is 7.17. The van der Waals surface area contributed by atoms with E-state index in [0.29, 0.717) is 0 Å². The Balaban J connectivity index is 1.60. The second-order valence-electron chi connectivity index (χ2n) is 7.17. The summed E-state index contributed by atoms with van der Waals surface area (Å²) in [5.41, 5.74) is 0. The number of hydrogen-bond donors (Lipinski definition) is 4. The number of aliphatic hydroxyl groups excluding tert-OH is 4. The average Bonchev–Trinajstić information content (AvgIpc) is 2.97. The monoisotopic (exact) mass is 346 g/mol. The van der Waals surface area contributed by atoms with Crippen molar-refractivity contribution in [1.82, 2.24) is 0 Å². The highest BCUT2D eigenvalue weighted by Crippen LogP contribution is 2.44. The normalized spacial score (nSPS) is 48.9. The maximum atomic E-state index is 11.9. The third kappa shape index (κ3) is 3.18. The maximum absolute atomic E-state index is 11.9. The number of hydrogen-bond acceptors (Lipinski definition) is 8. The Labute approximate surface area is 140 Å². The van der Waals surface area contributed by atoms with E-state index in [1.54, 1.807) is 0 Å². The summed E-state index contributed by atoms with van der Waals surface area (Å²) in [6.07, 6.45) is -4.49. The minimum Gasteiger partial charge on any atom is -0.465 e. The first kappa shape index (κ1) is 18.0. The van der Waals surface area contributed by atoms with Crippen molar-refractivity contribution < 1.29 is 39.4 Å². The first-order valence-corrected chi connectivity index (χ1v) is 8.52. The van der Waals surface area contributed by atoms with Crippen LogP contribution in [0.25, 0.3) is 0 Å². The minimum absolute atomic E-state index is 0.00465. The molecule has 1 saturated carbocycles. The molecule has 9 unspecified atom stereocenters. The van der Waals surface area contributed by atoms with Crippen LogP contribution in [0.5, 0.6) is 0 Å². The Bertz CT molecular complexity index is 455. The van der Waals surface area contributed by atoms with E-state index in [1.165, 1.54) is 0 Å². The van der Waals surface area contributed by atoms with Gasteiger partial charge >= 0.3 is 5.97 Å². The van der Waals surface area contributed by atoms with Gasteiger partial charge in [-0.1, -0.05) is 6.92 Å². The lowest BCUT2D eigenvalue weighted by Gasteiger charge is -2.41. The predicted octanol–water partition coefficient (Wildman–Crippen LogP) is -1.36. The molecule has 1 aliphatic carbocycles. The Morgan fingerprint density at radius 3 is 2.62 bits per heavy atom. The van der Waals surface area contributed by atoms with E-state index in [-0.39, 0.29) is 42.9 Å². The van der Waals surface area contributed by atoms with Crippen molar-refractivity contribution in [3.8, 4) is 0 Å². The van der Waals surface area contributed by atoms with Gasteiger partial charge in [0.15, 0.2) is 6.29 Å². The molecule has 0 amide bonds. The largest absolute Gasteiger partial charge is 0.465 e. The molecule has 0 aromatic heterocycles. The number of cyclic esters (lactones) is 1. The molecule has 0 spiro atoms. The van der Waals surface area contributed by atoms with Gasteiger partial charge in [-0.05, 0) is 24.7 Å². The van der Waals surface area contributed by atoms with Crippen LogP contribution >= 0.6 is 0 Å². The highest BCUT2D eigenvalue weighted by Gasteiger charge is 2.48. The van der Waals surface area contributed by atoms with E-state index in [4.69, 9.17) is 14.2 Å². The lowest BCUT2D eigenvalue weighted by molar-refractivity contribution is -0.305. The Kier molecular flexibility index (Phi) is 5.43. The maximum Gasteiger partial charge on any atom is 0.309 e. The minimum atomic E-state index is -1.45. The topological polar surface area (TPSA) is 126 Å². The summed E-state index contributed by atoms with van der Waals surface area (Å²) in [4.78, 5) is 11.9. The molecule has 0 aromatic carbocycles. The van der Waals surface area contributed by atoms with Crippen molar-refractivity contribution in [3.63, 3.8) is 0 Å². The van der Waals surface area contributed by atoms with Crippen LogP contribution in [0.1, 0.15) is 19.8 Å². The predicted molar refractivity (Wildman–Crippen MR) is 79.5 cm³/mol. The van der Waals surface area contributed by atoms with E-state index in [0.717, 1.165) is 12.8 Å². The van der Waals surface area contributed by atoms with Crippen LogP contribution in [0.4, 0.5) is 0 Å². The van der Waals surface area contributed by atoms with E-state index < -0.39 is 37.3 Å². The molecule has 138 valence electrons. The average molecular weight is 346 g/mol. The molecule has 2 saturated heterocycles. The molecule has 3 fully saturated rings. The molecule has 0 bridgehead atoms. The molecule has 0 aromatic rings. The number of carbonyl (C=O) groups is 1. The lowest BCUT2D eigenvalue weighted by Crippen LogP contribution is -2.59. The number of rotatable bonds is 4. The van der Waals surface area contributed by atoms with Gasteiger partial charge in [-0.25, -0.2) is 0 Å². The van der Waals surface area contributed by atoms with Gasteiger partial charge in [-0.2, -0.15) is 0 Å². The van der Waals surface area contributed by atoms with Crippen molar-refractivity contribution in [1.29, 1.82) is 0 Å². The summed E-state index contributed by atoms with van der Waals surface area (Å²) in [6, 6.07) is 0. The Morgan fingerprint density at radius 1 is 1.17 bits per heavy atom. The summed E-state index contributed by atoms with van der Waals surface area (Å²) in [5.74, 6) is 0.227. The van der Waals surface area contributed by atoms with E-state index >= 15 is 0 Å². The number of aliphatic hydroxyl groups is 4. The van der Waals surface area contributed by atoms with Crippen molar-refractivity contribution in [2.24, 2.45) is 23.7 Å². The van der Waals surface area contributed by atoms with Crippen LogP contribution in [-0.2, 0) is 19.0 Å². The molecule has 2 heterocycles. The summed E-state index contributed by atoms with van der Waals surface area (Å²) < 4.78 is 16.2. The van der Waals surface area contributed by atoms with E-state index in [1.807, 2.05) is 6.92 Å². The van der Waals surface area contributed by atoms with Crippen LogP contribution in [0.2, 0.25) is 0 Å². The van der Waals surface area contributed by atoms with E-state index in [9.17, 15) is 25.2 Å². The SMILES string of the molecule is CC1CCC2C(COC3OC(CO)C(O)C(O)C3O)COC(=O)C12. The molecule has 3 rings (SSSR count). The first-order valence-electron chi connectivity index (χ1n) is 8.52. The van der Waals surface area contributed by atoms with Gasteiger partial charge in [-0.15, -0.1) is 0 Å². The smallest absolute Gasteiger partial charge is 0.309 e. The molecule has 8 heteroatoms. The van der Waals surface area contributed by atoms with Crippen molar-refractivity contribution in [2.75, 3.05) is 19.8 Å². The zero-order valence-corrected chi connectivity index (χ0v) is 13.7. The fourth-order valence-corrected chi connectivity index (χ4v) is 4.18. The third-order valence-electron chi connectivity index (χ3n) is 5.67. The Hall–Kier alpha value is -0.770. The van der Waals surface area contributed by atoms with Gasteiger partial charge in [0.05, 0.1) is 25.7 Å². The molecule has 0 radical (unpaired) electrons. The molecule has 24 heavy (non-hydrogen) atoms. The number of carbonyl (C=O) groups excluding carboxylic acids is 1. The van der Waals surface area contributed by atoms with Crippen LogP contribution in [0, 0.1) is 23.7 Å². The van der Waals surface area contributed by atoms with Gasteiger partial charge < -0.3 is 34.6 Å². The summed E-state index contributed by atoms with van der Waals surface area (Å²) in [7, 11) is 0. The highest BCUT2D eigenvalue weighted by molar-refractivity contribution is 5.74. The molecular weight excluding hydrogens is 320 g/mol. The van der Waals surface area contributed by atoms with Crippen LogP contribution < -0.4 is 0 Å². The molecule has 3 aliphatic rings. The van der Waals surface area contributed by atoms with Gasteiger partial charge in [0.25, 0.3) is 0 Å². The zero-order chi connectivity index (χ0) is 17.4. The van der Waals surface area contributed by atoms with Crippen molar-refractivity contribution in [3.05, 3.63) is 0 Å². The second kappa shape index (κ2) is 7.23. The van der Waals surface area contributed by atoms with Crippen molar-refractivity contribution >= 4 is 5.97 Å². The molecule has 9 atom stereocenters. The third-order valence-corrected chi connectivity index (χ3v) is 5.67. The van der Waals surface area contributed by atoms with Gasteiger partial charge in [0.2, 0.25) is 0 Å². The lowest BCUT2D eigenvalue weighted by atomic mass is 9.80. The van der Waals surface area contributed by atoms with Gasteiger partial charge in [0.1, 0.15) is 24.4 Å². The van der Waals surface area contributed by atoms with Gasteiger partial charge in [0, 0.05) is 5.92 Å². The number of esters is 1. The fourth-order valence-electron chi connectivity index (χ4n) is 4.18. The quantitative estimate of drug-likeness (QED) is 0.460. The Morgan fingerprint density at radius 2 is 1.92 bits per heavy atom. The summed E-state index contributed by atoms with van der Waals surface area (Å²) >= 11 is 0. The van der Waals surface area contributed by atoms with E-state index in [2.05, 4.69) is 0 Å². The number of fused-ring (bicyclic) bond motifs is 1. The van der Waals surface area contributed by atoms with Crippen LogP contribution in [0.15, 0.2) is 0 Å². The fraction of sp³-hybridized carbons (Fsp3) is 0.938. The number of ether oxygens (including phenoxy) is 3. The molecular formula is C16H26O8. The zero-order valence-electron chi connectivity index (χ0n) is 13.7. The first-order chi connectivity index (χ1) is 11.4.